The lowest BCUT2D eigenvalue weighted by Crippen LogP contribution is -2.57. The molecule has 3 unspecified atom stereocenters. The number of carbonyl (C=O) groups is 4. The summed E-state index contributed by atoms with van der Waals surface area (Å²) in [5, 5.41) is 24.5. The molecule has 0 bridgehead atoms. The number of carboxylic acids is 1. The molecule has 144 valence electrons. The number of hydrogen-bond acceptors (Lipinski definition) is 7. The highest BCUT2D eigenvalue weighted by atomic mass is 32.1. The summed E-state index contributed by atoms with van der Waals surface area (Å²) in [4.78, 5) is 46.2. The van der Waals surface area contributed by atoms with Crippen LogP contribution in [0.15, 0.2) is 0 Å². The van der Waals surface area contributed by atoms with Crippen molar-refractivity contribution in [1.82, 2.24) is 16.0 Å². The Morgan fingerprint density at radius 2 is 1.60 bits per heavy atom. The Balaban J connectivity index is 4.71. The quantitative estimate of drug-likeness (QED) is 0.194. The fourth-order valence-electron chi connectivity index (χ4n) is 1.84. The van der Waals surface area contributed by atoms with E-state index in [9.17, 15) is 24.3 Å². The lowest BCUT2D eigenvalue weighted by molar-refractivity contribution is -0.138. The molecule has 0 aromatic rings. The molecular weight excluding hydrogens is 352 g/mol. The normalized spacial score (nSPS) is 14.3. The topological polar surface area (TPSA) is 171 Å². The lowest BCUT2D eigenvalue weighted by Gasteiger charge is -2.22. The number of nitrogens with two attached hydrogens (primary N) is 1. The number of carboxylic acid groups (broad SMARTS) is 1. The zero-order valence-corrected chi connectivity index (χ0v) is 15.1. The number of aliphatic hydroxyl groups excluding tert-OH is 1. The predicted molar refractivity (Wildman–Crippen MR) is 92.9 cm³/mol. The number of rotatable bonds is 11. The summed E-state index contributed by atoms with van der Waals surface area (Å²) in [6.45, 7) is 2.47. The van der Waals surface area contributed by atoms with E-state index in [0.717, 1.165) is 0 Å². The van der Waals surface area contributed by atoms with E-state index in [4.69, 9.17) is 10.8 Å². The average molecular weight is 378 g/mol. The fourth-order valence-corrected chi connectivity index (χ4v) is 2.10. The molecule has 25 heavy (non-hydrogen) atoms. The summed E-state index contributed by atoms with van der Waals surface area (Å²) in [5.74, 6) is -3.31. The van der Waals surface area contributed by atoms with Crippen LogP contribution in [0.25, 0.3) is 0 Å². The first-order chi connectivity index (χ1) is 11.6. The number of hydrogen-bond donors (Lipinski definition) is 7. The van der Waals surface area contributed by atoms with E-state index in [1.165, 1.54) is 0 Å². The van der Waals surface area contributed by atoms with Crippen LogP contribution >= 0.6 is 12.6 Å². The highest BCUT2D eigenvalue weighted by Crippen LogP contribution is 2.03. The summed E-state index contributed by atoms with van der Waals surface area (Å²) in [7, 11) is 0. The Labute approximate surface area is 151 Å². The van der Waals surface area contributed by atoms with Gasteiger partial charge in [0.1, 0.15) is 18.6 Å². The van der Waals surface area contributed by atoms with Crippen LogP contribution in [-0.2, 0) is 19.2 Å². The van der Waals surface area contributed by atoms with Crippen molar-refractivity contribution in [1.29, 1.82) is 0 Å². The van der Waals surface area contributed by atoms with Gasteiger partial charge in [-0.1, -0.05) is 13.8 Å². The molecular formula is C14H26N4O6S. The average Bonchev–Trinajstić information content (AvgIpc) is 2.53. The minimum Gasteiger partial charge on any atom is -0.480 e. The summed E-state index contributed by atoms with van der Waals surface area (Å²) < 4.78 is 0. The molecule has 7 N–H and O–H groups in total. The number of aliphatic hydroxyl groups is 1. The largest absolute Gasteiger partial charge is 0.480 e. The molecule has 0 fully saturated rings. The van der Waals surface area contributed by atoms with Gasteiger partial charge in [-0.3, -0.25) is 19.2 Å². The third kappa shape index (κ3) is 9.27. The second kappa shape index (κ2) is 11.7. The van der Waals surface area contributed by atoms with E-state index in [0.29, 0.717) is 6.42 Å². The van der Waals surface area contributed by atoms with Gasteiger partial charge in [-0.05, 0) is 12.3 Å². The monoisotopic (exact) mass is 378 g/mol. The van der Waals surface area contributed by atoms with E-state index in [-0.39, 0.29) is 11.7 Å². The van der Waals surface area contributed by atoms with Crippen molar-refractivity contribution in [2.45, 2.75) is 38.4 Å². The van der Waals surface area contributed by atoms with Gasteiger partial charge in [0, 0.05) is 5.75 Å². The van der Waals surface area contributed by atoms with Crippen molar-refractivity contribution in [3.05, 3.63) is 0 Å². The van der Waals surface area contributed by atoms with Gasteiger partial charge in [-0.2, -0.15) is 12.6 Å². The number of amides is 3. The second-order valence-electron chi connectivity index (χ2n) is 5.84. The second-order valence-corrected chi connectivity index (χ2v) is 6.20. The molecule has 0 aliphatic rings. The predicted octanol–water partition coefficient (Wildman–Crippen LogP) is -2.55. The van der Waals surface area contributed by atoms with Crippen molar-refractivity contribution in [3.8, 4) is 0 Å². The Bertz CT molecular complexity index is 488. The van der Waals surface area contributed by atoms with Crippen LogP contribution in [0.1, 0.15) is 20.3 Å². The molecule has 3 atom stereocenters. The molecule has 0 aromatic heterocycles. The van der Waals surface area contributed by atoms with E-state index >= 15 is 0 Å². The van der Waals surface area contributed by atoms with Crippen LogP contribution < -0.4 is 21.7 Å². The Morgan fingerprint density at radius 1 is 1.04 bits per heavy atom. The SMILES string of the molecule is CC(C)CC(N)C(=O)NC(CO)C(=O)NC(CS)C(=O)NCC(=O)O. The third-order valence-electron chi connectivity index (χ3n) is 3.11. The van der Waals surface area contributed by atoms with Crippen LogP contribution in [0.5, 0.6) is 0 Å². The molecule has 0 aliphatic carbocycles. The van der Waals surface area contributed by atoms with E-state index in [1.807, 2.05) is 13.8 Å². The van der Waals surface area contributed by atoms with Crippen LogP contribution in [-0.4, -0.2) is 70.9 Å². The minimum absolute atomic E-state index is 0.101. The molecule has 10 nitrogen and oxygen atoms in total. The van der Waals surface area contributed by atoms with Crippen LogP contribution in [0.4, 0.5) is 0 Å². The lowest BCUT2D eigenvalue weighted by atomic mass is 10.0. The van der Waals surface area contributed by atoms with Crippen LogP contribution in [0, 0.1) is 5.92 Å². The standard InChI is InChI=1S/C14H26N4O6S/c1-7(2)3-8(15)12(22)17-9(5-19)14(24)18-10(6-25)13(23)16-4-11(20)21/h7-10,19,25H,3-6,15H2,1-2H3,(H,16,23)(H,17,22)(H,18,24)(H,20,21). The number of carbonyl (C=O) groups excluding carboxylic acids is 3. The molecule has 0 aliphatic heterocycles. The number of nitrogens with one attached hydrogen (secondary N) is 3. The van der Waals surface area contributed by atoms with Gasteiger partial charge in [0.15, 0.2) is 0 Å². The molecule has 11 heteroatoms. The summed E-state index contributed by atoms with van der Waals surface area (Å²) in [6.07, 6.45) is 0.405. The van der Waals surface area contributed by atoms with Gasteiger partial charge in [0.25, 0.3) is 0 Å². The third-order valence-corrected chi connectivity index (χ3v) is 3.47. The van der Waals surface area contributed by atoms with Gasteiger partial charge in [-0.25, -0.2) is 0 Å². The van der Waals surface area contributed by atoms with Crippen molar-refractivity contribution < 1.29 is 29.4 Å². The molecule has 0 aromatic carbocycles. The molecule has 0 saturated carbocycles. The highest BCUT2D eigenvalue weighted by molar-refractivity contribution is 7.80. The van der Waals surface area contributed by atoms with E-state index in [1.54, 1.807) is 0 Å². The van der Waals surface area contributed by atoms with Gasteiger partial charge in [-0.15, -0.1) is 0 Å². The zero-order chi connectivity index (χ0) is 19.6. The smallest absolute Gasteiger partial charge is 0.322 e. The van der Waals surface area contributed by atoms with Crippen molar-refractivity contribution in [3.63, 3.8) is 0 Å². The van der Waals surface area contributed by atoms with E-state index < -0.39 is 55.0 Å². The first-order valence-corrected chi connectivity index (χ1v) is 8.33. The highest BCUT2D eigenvalue weighted by Gasteiger charge is 2.27. The first-order valence-electron chi connectivity index (χ1n) is 7.69. The maximum absolute atomic E-state index is 12.1. The van der Waals surface area contributed by atoms with Crippen LogP contribution in [0.2, 0.25) is 0 Å². The Kier molecular flexibility index (Phi) is 10.8. The van der Waals surface area contributed by atoms with Crippen molar-refractivity contribution >= 4 is 36.3 Å². The first kappa shape index (κ1) is 23.1. The molecule has 0 radical (unpaired) electrons. The zero-order valence-electron chi connectivity index (χ0n) is 14.2. The molecule has 0 saturated heterocycles. The van der Waals surface area contributed by atoms with Gasteiger partial charge in [0.05, 0.1) is 12.6 Å². The fraction of sp³-hybridized carbons (Fsp3) is 0.714. The van der Waals surface area contributed by atoms with Gasteiger partial charge < -0.3 is 31.9 Å². The Morgan fingerprint density at radius 3 is 2.04 bits per heavy atom. The van der Waals surface area contributed by atoms with Gasteiger partial charge in [0.2, 0.25) is 17.7 Å². The molecule has 3 amide bonds. The minimum atomic E-state index is -1.29. The number of thiol groups is 1. The summed E-state index contributed by atoms with van der Waals surface area (Å²) in [5.41, 5.74) is 5.71. The Hall–Kier alpha value is -1.85. The van der Waals surface area contributed by atoms with Crippen molar-refractivity contribution in [2.24, 2.45) is 11.7 Å². The van der Waals surface area contributed by atoms with Crippen molar-refractivity contribution in [2.75, 3.05) is 18.9 Å². The summed E-state index contributed by atoms with van der Waals surface area (Å²) >= 11 is 3.92. The van der Waals surface area contributed by atoms with E-state index in [2.05, 4.69) is 28.6 Å². The molecule has 0 heterocycles. The summed E-state index contributed by atoms with van der Waals surface area (Å²) in [6, 6.07) is -3.24. The maximum atomic E-state index is 12.1. The number of aliphatic carboxylic acids is 1. The molecule has 0 spiro atoms. The molecule has 0 rings (SSSR count). The maximum Gasteiger partial charge on any atom is 0.322 e. The van der Waals surface area contributed by atoms with Gasteiger partial charge >= 0.3 is 5.97 Å². The van der Waals surface area contributed by atoms with Crippen LogP contribution in [0.3, 0.4) is 0 Å².